The number of hydrogen-bond donors (Lipinski definition) is 2. The van der Waals surface area contributed by atoms with Gasteiger partial charge in [0.05, 0.1) is 0 Å². The molecule has 0 heterocycles. The first-order valence-electron chi connectivity index (χ1n) is 5.94. The zero-order valence-corrected chi connectivity index (χ0v) is 11.1. The van der Waals surface area contributed by atoms with E-state index in [0.29, 0.717) is 5.56 Å². The van der Waals surface area contributed by atoms with Gasteiger partial charge in [-0.05, 0) is 5.56 Å². The Hall–Kier alpha value is -2.63. The zero-order valence-electron chi connectivity index (χ0n) is 11.1. The van der Waals surface area contributed by atoms with Crippen LogP contribution in [-0.2, 0) is 9.59 Å². The molecule has 6 nitrogen and oxygen atoms in total. The van der Waals surface area contributed by atoms with Crippen LogP contribution >= 0.6 is 0 Å². The molecule has 20 heavy (non-hydrogen) atoms. The van der Waals surface area contributed by atoms with Gasteiger partial charge in [0, 0.05) is 13.5 Å². The minimum Gasteiger partial charge on any atom is -0.479 e. The molecule has 1 aromatic carbocycles. The van der Waals surface area contributed by atoms with Crippen molar-refractivity contribution in [2.24, 2.45) is 0 Å². The molecule has 0 spiro atoms. The maximum atomic E-state index is 11.9. The predicted molar refractivity (Wildman–Crippen MR) is 72.9 cm³/mol. The second-order valence-corrected chi connectivity index (χ2v) is 4.05. The van der Waals surface area contributed by atoms with Gasteiger partial charge >= 0.3 is 12.0 Å². The van der Waals surface area contributed by atoms with Crippen LogP contribution in [0.25, 0.3) is 0 Å². The third kappa shape index (κ3) is 3.94. The SMILES string of the molecule is C=CCN(C(C)=O)C(=O)NC(C(=O)O)c1ccccc1. The molecule has 0 saturated heterocycles. The van der Waals surface area contributed by atoms with Gasteiger partial charge in [-0.1, -0.05) is 36.4 Å². The molecule has 0 saturated carbocycles. The first-order valence-corrected chi connectivity index (χ1v) is 5.94. The van der Waals surface area contributed by atoms with E-state index in [9.17, 15) is 19.5 Å². The van der Waals surface area contributed by atoms with E-state index in [1.165, 1.54) is 13.0 Å². The van der Waals surface area contributed by atoms with E-state index in [0.717, 1.165) is 4.90 Å². The number of carboxylic acids is 1. The molecule has 0 radical (unpaired) electrons. The third-order valence-corrected chi connectivity index (χ3v) is 2.58. The number of carbonyl (C=O) groups is 3. The fourth-order valence-corrected chi connectivity index (χ4v) is 1.62. The molecule has 0 fully saturated rings. The molecule has 1 rings (SSSR count). The summed E-state index contributed by atoms with van der Waals surface area (Å²) >= 11 is 0. The molecule has 0 aromatic heterocycles. The van der Waals surface area contributed by atoms with Crippen LogP contribution in [0.5, 0.6) is 0 Å². The Kier molecular flexibility index (Phi) is 5.46. The van der Waals surface area contributed by atoms with Crippen molar-refractivity contribution >= 4 is 17.9 Å². The summed E-state index contributed by atoms with van der Waals surface area (Å²) in [6.07, 6.45) is 1.39. The van der Waals surface area contributed by atoms with Crippen LogP contribution in [0.1, 0.15) is 18.5 Å². The highest BCUT2D eigenvalue weighted by Crippen LogP contribution is 2.13. The average molecular weight is 276 g/mol. The molecule has 6 heteroatoms. The molecule has 1 atom stereocenters. The number of nitrogens with zero attached hydrogens (tertiary/aromatic N) is 1. The maximum Gasteiger partial charge on any atom is 0.330 e. The number of hydrogen-bond acceptors (Lipinski definition) is 3. The first-order chi connectivity index (χ1) is 9.47. The summed E-state index contributed by atoms with van der Waals surface area (Å²) in [7, 11) is 0. The van der Waals surface area contributed by atoms with Crippen molar-refractivity contribution in [2.75, 3.05) is 6.54 Å². The third-order valence-electron chi connectivity index (χ3n) is 2.58. The smallest absolute Gasteiger partial charge is 0.330 e. The van der Waals surface area contributed by atoms with Crippen LogP contribution in [0.3, 0.4) is 0 Å². The molecular formula is C14H16N2O4. The van der Waals surface area contributed by atoms with E-state index in [1.54, 1.807) is 30.3 Å². The molecule has 3 amide bonds. The summed E-state index contributed by atoms with van der Waals surface area (Å²) < 4.78 is 0. The second kappa shape index (κ2) is 7.08. The van der Waals surface area contributed by atoms with Crippen molar-refractivity contribution in [1.29, 1.82) is 0 Å². The van der Waals surface area contributed by atoms with E-state index in [-0.39, 0.29) is 6.54 Å². The highest BCUT2D eigenvalue weighted by molar-refractivity contribution is 5.95. The van der Waals surface area contributed by atoms with E-state index in [2.05, 4.69) is 11.9 Å². The Bertz CT molecular complexity index is 513. The van der Waals surface area contributed by atoms with E-state index >= 15 is 0 Å². The van der Waals surface area contributed by atoms with Crippen molar-refractivity contribution in [3.05, 3.63) is 48.6 Å². The fourth-order valence-electron chi connectivity index (χ4n) is 1.62. The van der Waals surface area contributed by atoms with Crippen LogP contribution in [0.4, 0.5) is 4.79 Å². The number of carboxylic acid groups (broad SMARTS) is 1. The summed E-state index contributed by atoms with van der Waals surface area (Å²) in [6, 6.07) is 6.27. The van der Waals surface area contributed by atoms with Crippen LogP contribution in [-0.4, -0.2) is 34.5 Å². The molecule has 0 bridgehead atoms. The molecule has 0 aliphatic carbocycles. The number of aliphatic carboxylic acids is 1. The number of imide groups is 1. The topological polar surface area (TPSA) is 86.7 Å². The minimum atomic E-state index is -1.21. The van der Waals surface area contributed by atoms with Gasteiger partial charge in [0.25, 0.3) is 0 Å². The highest BCUT2D eigenvalue weighted by Gasteiger charge is 2.25. The Morgan fingerprint density at radius 3 is 2.40 bits per heavy atom. The summed E-state index contributed by atoms with van der Waals surface area (Å²) in [5.74, 6) is -1.69. The quantitative estimate of drug-likeness (QED) is 0.799. The Morgan fingerprint density at radius 1 is 1.35 bits per heavy atom. The Labute approximate surface area is 116 Å². The van der Waals surface area contributed by atoms with Crippen molar-refractivity contribution in [3.63, 3.8) is 0 Å². The number of carbonyl (C=O) groups excluding carboxylic acids is 2. The fraction of sp³-hybridized carbons (Fsp3) is 0.214. The monoisotopic (exact) mass is 276 g/mol. The summed E-state index contributed by atoms with van der Waals surface area (Å²) in [5.41, 5.74) is 0.426. The molecule has 0 aliphatic heterocycles. The number of amides is 3. The van der Waals surface area contributed by atoms with Crippen LogP contribution in [0.15, 0.2) is 43.0 Å². The average Bonchev–Trinajstić information content (AvgIpc) is 2.42. The minimum absolute atomic E-state index is 0.0162. The molecular weight excluding hydrogens is 260 g/mol. The zero-order chi connectivity index (χ0) is 15.1. The van der Waals surface area contributed by atoms with Gasteiger partial charge in [-0.15, -0.1) is 6.58 Å². The lowest BCUT2D eigenvalue weighted by atomic mass is 10.1. The van der Waals surface area contributed by atoms with E-state index in [4.69, 9.17) is 0 Å². The van der Waals surface area contributed by atoms with Gasteiger partial charge < -0.3 is 10.4 Å². The van der Waals surface area contributed by atoms with Gasteiger partial charge in [-0.25, -0.2) is 9.59 Å². The van der Waals surface area contributed by atoms with Crippen LogP contribution < -0.4 is 5.32 Å². The Balaban J connectivity index is 2.91. The van der Waals surface area contributed by atoms with Crippen molar-refractivity contribution in [1.82, 2.24) is 10.2 Å². The number of rotatable bonds is 5. The van der Waals surface area contributed by atoms with Gasteiger partial charge in [0.1, 0.15) is 0 Å². The molecule has 1 unspecified atom stereocenters. The lowest BCUT2D eigenvalue weighted by Gasteiger charge is -2.21. The molecule has 2 N–H and O–H groups in total. The molecule has 0 aliphatic rings. The summed E-state index contributed by atoms with van der Waals surface area (Å²) in [4.78, 5) is 35.4. The summed E-state index contributed by atoms with van der Waals surface area (Å²) in [5, 5.41) is 11.5. The predicted octanol–water partition coefficient (Wildman–Crippen LogP) is 1.56. The van der Waals surface area contributed by atoms with Crippen LogP contribution in [0.2, 0.25) is 0 Å². The maximum absolute atomic E-state index is 11.9. The second-order valence-electron chi connectivity index (χ2n) is 4.05. The van der Waals surface area contributed by atoms with Gasteiger partial charge in [0.15, 0.2) is 6.04 Å². The Morgan fingerprint density at radius 2 is 1.95 bits per heavy atom. The van der Waals surface area contributed by atoms with Gasteiger partial charge in [-0.3, -0.25) is 9.69 Å². The van der Waals surface area contributed by atoms with Crippen molar-refractivity contribution < 1.29 is 19.5 Å². The van der Waals surface area contributed by atoms with Crippen molar-refractivity contribution in [3.8, 4) is 0 Å². The normalized spacial score (nSPS) is 11.2. The standard InChI is InChI=1S/C14H16N2O4/c1-3-9-16(10(2)17)14(20)15-12(13(18)19)11-7-5-4-6-8-11/h3-8,12H,1,9H2,2H3,(H,15,20)(H,18,19). The number of nitrogens with one attached hydrogen (secondary N) is 1. The van der Waals surface area contributed by atoms with E-state index < -0.39 is 23.9 Å². The number of benzene rings is 1. The summed E-state index contributed by atoms with van der Waals surface area (Å²) in [6.45, 7) is 4.69. The first kappa shape index (κ1) is 15.4. The largest absolute Gasteiger partial charge is 0.479 e. The lowest BCUT2D eigenvalue weighted by molar-refractivity contribution is -0.139. The highest BCUT2D eigenvalue weighted by atomic mass is 16.4. The van der Waals surface area contributed by atoms with Crippen molar-refractivity contribution in [2.45, 2.75) is 13.0 Å². The lowest BCUT2D eigenvalue weighted by Crippen LogP contribution is -2.45. The molecule has 1 aromatic rings. The van der Waals surface area contributed by atoms with Gasteiger partial charge in [0.2, 0.25) is 5.91 Å². The number of urea groups is 1. The van der Waals surface area contributed by atoms with E-state index in [1.807, 2.05) is 0 Å². The van der Waals surface area contributed by atoms with Gasteiger partial charge in [-0.2, -0.15) is 0 Å². The van der Waals surface area contributed by atoms with Crippen LogP contribution in [0, 0.1) is 0 Å². The molecule has 106 valence electrons.